The Kier molecular flexibility index (Phi) is 6.42. The number of rotatable bonds is 5. The number of thiophene rings is 1. The predicted molar refractivity (Wildman–Crippen MR) is 219 cm³/mol. The lowest BCUT2D eigenvalue weighted by molar-refractivity contribution is 0.663. The van der Waals surface area contributed by atoms with Crippen LogP contribution in [0, 0.1) is 0 Å². The van der Waals surface area contributed by atoms with Crippen LogP contribution in [0.4, 0.5) is 17.1 Å². The molecule has 11 aromatic rings. The van der Waals surface area contributed by atoms with E-state index >= 15 is 0 Å². The maximum Gasteiger partial charge on any atom is 0.159 e. The molecule has 3 nitrogen and oxygen atoms in total. The maximum atomic E-state index is 7.03. The molecule has 0 unspecified atom stereocenters. The number of nitrogens with zero attached hydrogens (tertiary/aromatic N) is 1. The quantitative estimate of drug-likeness (QED) is 0.181. The van der Waals surface area contributed by atoms with Crippen molar-refractivity contribution in [1.29, 1.82) is 0 Å². The Morgan fingerprint density at radius 1 is 0.365 bits per heavy atom. The molecule has 8 aromatic carbocycles. The SMILES string of the molecule is c1ccc(-c2ccc(N(c3cccc4c3oc3c4ccc4oc5ccccc5c43)c3cccc4c3sc3c(-c5ccccc5)cccc34)cc2)cc1. The second-order valence-corrected chi connectivity index (χ2v) is 14.2. The third-order valence-electron chi connectivity index (χ3n) is 10.3. The van der Waals surface area contributed by atoms with Crippen molar-refractivity contribution in [3.05, 3.63) is 176 Å². The molecular weight excluding hydrogens is 655 g/mol. The molecule has 0 radical (unpaired) electrons. The summed E-state index contributed by atoms with van der Waals surface area (Å²) in [5, 5.41) is 6.71. The normalized spacial score (nSPS) is 11.8. The van der Waals surface area contributed by atoms with Crippen LogP contribution in [0.1, 0.15) is 0 Å². The molecule has 0 aliphatic heterocycles. The Bertz CT molecular complexity index is 3120. The summed E-state index contributed by atoms with van der Waals surface area (Å²) in [6.07, 6.45) is 0. The van der Waals surface area contributed by atoms with Crippen molar-refractivity contribution < 1.29 is 8.83 Å². The van der Waals surface area contributed by atoms with E-state index in [2.05, 4.69) is 169 Å². The summed E-state index contributed by atoms with van der Waals surface area (Å²) in [5.41, 5.74) is 11.3. The fraction of sp³-hybridized carbons (Fsp3) is 0. The lowest BCUT2D eigenvalue weighted by Crippen LogP contribution is -2.10. The highest BCUT2D eigenvalue weighted by molar-refractivity contribution is 7.27. The van der Waals surface area contributed by atoms with Gasteiger partial charge >= 0.3 is 0 Å². The fourth-order valence-electron chi connectivity index (χ4n) is 7.89. The molecule has 0 fully saturated rings. The summed E-state index contributed by atoms with van der Waals surface area (Å²) in [6, 6.07) is 62.4. The van der Waals surface area contributed by atoms with Gasteiger partial charge in [0.1, 0.15) is 16.7 Å². The number of benzene rings is 8. The molecule has 0 saturated carbocycles. The maximum absolute atomic E-state index is 7.03. The highest BCUT2D eigenvalue weighted by Crippen LogP contribution is 2.50. The summed E-state index contributed by atoms with van der Waals surface area (Å²) in [7, 11) is 0. The predicted octanol–water partition coefficient (Wildman–Crippen LogP) is 14.7. The molecular formula is C48H29NO2S. The van der Waals surface area contributed by atoms with Gasteiger partial charge in [0.2, 0.25) is 0 Å². The molecule has 0 aliphatic rings. The first-order valence-corrected chi connectivity index (χ1v) is 18.3. The largest absolute Gasteiger partial charge is 0.456 e. The third-order valence-corrected chi connectivity index (χ3v) is 11.6. The van der Waals surface area contributed by atoms with E-state index < -0.39 is 0 Å². The Labute approximate surface area is 303 Å². The first-order chi connectivity index (χ1) is 25.8. The molecule has 0 bridgehead atoms. The summed E-state index contributed by atoms with van der Waals surface area (Å²) < 4.78 is 15.8. The second-order valence-electron chi connectivity index (χ2n) is 13.2. The van der Waals surface area contributed by atoms with Gasteiger partial charge in [-0.15, -0.1) is 11.3 Å². The molecule has 0 N–H and O–H groups in total. The van der Waals surface area contributed by atoms with E-state index in [4.69, 9.17) is 8.83 Å². The van der Waals surface area contributed by atoms with E-state index in [1.807, 2.05) is 23.5 Å². The lowest BCUT2D eigenvalue weighted by atomic mass is 10.0. The average molecular weight is 684 g/mol. The fourth-order valence-corrected chi connectivity index (χ4v) is 9.23. The van der Waals surface area contributed by atoms with E-state index in [0.717, 1.165) is 60.9 Å². The number of fused-ring (bicyclic) bond motifs is 10. The first-order valence-electron chi connectivity index (χ1n) is 17.5. The minimum absolute atomic E-state index is 0.826. The van der Waals surface area contributed by atoms with Crippen LogP contribution in [0.15, 0.2) is 185 Å². The average Bonchev–Trinajstić information content (AvgIpc) is 3.91. The number of hydrogen-bond donors (Lipinski definition) is 0. The molecule has 0 saturated heterocycles. The van der Waals surface area contributed by atoms with Crippen LogP contribution in [0.2, 0.25) is 0 Å². The Hall–Kier alpha value is -6.62. The monoisotopic (exact) mass is 683 g/mol. The summed E-state index contributed by atoms with van der Waals surface area (Å²) in [6.45, 7) is 0. The zero-order valence-corrected chi connectivity index (χ0v) is 28.7. The van der Waals surface area contributed by atoms with E-state index in [-0.39, 0.29) is 0 Å². The summed E-state index contributed by atoms with van der Waals surface area (Å²) in [5.74, 6) is 0. The molecule has 4 heteroatoms. The van der Waals surface area contributed by atoms with Crippen LogP contribution < -0.4 is 4.90 Å². The van der Waals surface area contributed by atoms with Gasteiger partial charge in [0.15, 0.2) is 5.58 Å². The highest BCUT2D eigenvalue weighted by atomic mass is 32.1. The van der Waals surface area contributed by atoms with Crippen LogP contribution in [0.5, 0.6) is 0 Å². The smallest absolute Gasteiger partial charge is 0.159 e. The van der Waals surface area contributed by atoms with Gasteiger partial charge in [-0.1, -0.05) is 133 Å². The molecule has 11 rings (SSSR count). The van der Waals surface area contributed by atoms with Gasteiger partial charge in [-0.25, -0.2) is 0 Å². The molecule has 0 aliphatic carbocycles. The minimum atomic E-state index is 0.826. The number of hydrogen-bond acceptors (Lipinski definition) is 4. The molecule has 0 amide bonds. The van der Waals surface area contributed by atoms with Crippen molar-refractivity contribution >= 4 is 92.4 Å². The van der Waals surface area contributed by atoms with E-state index in [1.165, 1.54) is 42.4 Å². The van der Waals surface area contributed by atoms with Gasteiger partial charge in [-0.2, -0.15) is 0 Å². The topological polar surface area (TPSA) is 29.5 Å². The van der Waals surface area contributed by atoms with Crippen molar-refractivity contribution in [2.75, 3.05) is 4.90 Å². The molecule has 0 atom stereocenters. The minimum Gasteiger partial charge on any atom is -0.456 e. The zero-order valence-electron chi connectivity index (χ0n) is 27.9. The number of anilines is 3. The molecule has 0 spiro atoms. The van der Waals surface area contributed by atoms with Crippen LogP contribution in [-0.2, 0) is 0 Å². The zero-order chi connectivity index (χ0) is 34.2. The Balaban J connectivity index is 1.19. The Morgan fingerprint density at radius 3 is 1.79 bits per heavy atom. The van der Waals surface area contributed by atoms with Crippen molar-refractivity contribution in [3.63, 3.8) is 0 Å². The second kappa shape index (κ2) is 11.5. The van der Waals surface area contributed by atoms with Gasteiger partial charge < -0.3 is 13.7 Å². The van der Waals surface area contributed by atoms with Gasteiger partial charge in [-0.05, 0) is 64.7 Å². The van der Waals surface area contributed by atoms with Crippen molar-refractivity contribution in [1.82, 2.24) is 0 Å². The van der Waals surface area contributed by atoms with Crippen LogP contribution in [0.25, 0.3) is 86.3 Å². The van der Waals surface area contributed by atoms with E-state index in [1.54, 1.807) is 0 Å². The van der Waals surface area contributed by atoms with Gasteiger partial charge in [0, 0.05) is 37.3 Å². The molecule has 244 valence electrons. The van der Waals surface area contributed by atoms with Gasteiger partial charge in [0.25, 0.3) is 0 Å². The van der Waals surface area contributed by atoms with Crippen LogP contribution in [0.3, 0.4) is 0 Å². The van der Waals surface area contributed by atoms with Gasteiger partial charge in [-0.3, -0.25) is 0 Å². The Morgan fingerprint density at radius 2 is 0.981 bits per heavy atom. The van der Waals surface area contributed by atoms with E-state index in [9.17, 15) is 0 Å². The first kappa shape index (κ1) is 29.1. The van der Waals surface area contributed by atoms with Crippen LogP contribution in [-0.4, -0.2) is 0 Å². The number of para-hydroxylation sites is 2. The van der Waals surface area contributed by atoms with E-state index in [0.29, 0.717) is 0 Å². The van der Waals surface area contributed by atoms with Gasteiger partial charge in [0.05, 0.1) is 21.5 Å². The lowest BCUT2D eigenvalue weighted by Gasteiger charge is -2.26. The third kappa shape index (κ3) is 4.38. The molecule has 52 heavy (non-hydrogen) atoms. The van der Waals surface area contributed by atoms with Crippen molar-refractivity contribution in [2.24, 2.45) is 0 Å². The molecule has 3 heterocycles. The molecule has 3 aromatic heterocycles. The summed E-state index contributed by atoms with van der Waals surface area (Å²) in [4.78, 5) is 2.38. The number of furan rings is 2. The standard InChI is InChI=1S/C48H29NO2S/c1-3-12-30(13-4-1)31-24-26-33(27-25-31)49(41-22-11-20-38-37-19-9-17-34(47(37)52-48(38)41)32-14-5-2-6-15-32)40-21-10-18-35-36-28-29-43-44(46(36)51-45(35)40)39-16-7-8-23-42(39)50-43/h1-29H. The van der Waals surface area contributed by atoms with Crippen molar-refractivity contribution in [2.45, 2.75) is 0 Å². The van der Waals surface area contributed by atoms with Crippen LogP contribution >= 0.6 is 11.3 Å². The van der Waals surface area contributed by atoms with Crippen molar-refractivity contribution in [3.8, 4) is 22.3 Å². The summed E-state index contributed by atoms with van der Waals surface area (Å²) >= 11 is 1.86. The highest BCUT2D eigenvalue weighted by Gasteiger charge is 2.24.